The molecular weight excluding hydrogens is 318 g/mol. The molecule has 3 heterocycles. The maximum atomic E-state index is 11.4. The Balaban J connectivity index is 1.82. The number of hydrogen-bond acceptors (Lipinski definition) is 6. The molecule has 1 aromatic carbocycles. The summed E-state index contributed by atoms with van der Waals surface area (Å²) in [6, 6.07) is 6.99. The van der Waals surface area contributed by atoms with Crippen LogP contribution in [0.15, 0.2) is 36.8 Å². The Bertz CT molecular complexity index is 1040. The van der Waals surface area contributed by atoms with Crippen LogP contribution in [0.3, 0.4) is 0 Å². The van der Waals surface area contributed by atoms with Crippen molar-refractivity contribution < 1.29 is 9.90 Å². The zero-order chi connectivity index (χ0) is 17.4. The highest BCUT2D eigenvalue weighted by molar-refractivity contribution is 6.04. The Morgan fingerprint density at radius 1 is 1.28 bits per heavy atom. The van der Waals surface area contributed by atoms with E-state index in [-0.39, 0.29) is 5.75 Å². The van der Waals surface area contributed by atoms with Gasteiger partial charge in [-0.2, -0.15) is 0 Å². The highest BCUT2D eigenvalue weighted by Crippen LogP contribution is 2.38. The van der Waals surface area contributed by atoms with Gasteiger partial charge in [0.25, 0.3) is 0 Å². The molecule has 122 valence electrons. The van der Waals surface area contributed by atoms with E-state index in [0.29, 0.717) is 17.2 Å². The number of nitrogens with zero attached hydrogens (tertiary/aromatic N) is 4. The fraction of sp³-hybridized carbons (Fsp3) is 0.111. The number of rotatable bonds is 2. The van der Waals surface area contributed by atoms with Crippen LogP contribution in [-0.4, -0.2) is 32.5 Å². The molecule has 1 aliphatic rings. The molecule has 0 unspecified atom stereocenters. The van der Waals surface area contributed by atoms with Gasteiger partial charge in [0.05, 0.1) is 11.7 Å². The Labute approximate surface area is 143 Å². The van der Waals surface area contributed by atoms with Crippen molar-refractivity contribution in [2.75, 3.05) is 16.8 Å². The van der Waals surface area contributed by atoms with Gasteiger partial charge < -0.3 is 10.0 Å². The van der Waals surface area contributed by atoms with Crippen LogP contribution in [0, 0.1) is 12.3 Å². The standard InChI is InChI=1S/C18H13N5O2/c1-2-17(25)22-16-8-13-14(9-19-16)20-10-21-18(13)23-6-5-11-7-12(24)3-4-15(11)23/h1,3-4,7-10,24H,5-6H2,(H,19,22,25). The highest BCUT2D eigenvalue weighted by Gasteiger charge is 2.23. The first-order chi connectivity index (χ1) is 12.2. The van der Waals surface area contributed by atoms with E-state index in [1.54, 1.807) is 24.4 Å². The van der Waals surface area contributed by atoms with E-state index < -0.39 is 5.91 Å². The van der Waals surface area contributed by atoms with Gasteiger partial charge in [0, 0.05) is 17.6 Å². The van der Waals surface area contributed by atoms with Crippen molar-refractivity contribution in [1.82, 2.24) is 15.0 Å². The van der Waals surface area contributed by atoms with Gasteiger partial charge in [-0.25, -0.2) is 15.0 Å². The second-order valence-electron chi connectivity index (χ2n) is 5.60. The summed E-state index contributed by atoms with van der Waals surface area (Å²) in [5, 5.41) is 13.0. The van der Waals surface area contributed by atoms with E-state index >= 15 is 0 Å². The molecule has 0 saturated heterocycles. The molecule has 0 radical (unpaired) electrons. The summed E-state index contributed by atoms with van der Waals surface area (Å²) in [5.74, 6) is 2.74. The number of carbonyl (C=O) groups is 1. The molecule has 0 spiro atoms. The number of pyridine rings is 1. The van der Waals surface area contributed by atoms with Crippen LogP contribution in [0.25, 0.3) is 10.9 Å². The minimum Gasteiger partial charge on any atom is -0.508 e. The lowest BCUT2D eigenvalue weighted by Gasteiger charge is -2.20. The van der Waals surface area contributed by atoms with Crippen molar-refractivity contribution in [1.29, 1.82) is 0 Å². The quantitative estimate of drug-likeness (QED) is 0.698. The van der Waals surface area contributed by atoms with Crippen LogP contribution in [0.1, 0.15) is 5.56 Å². The van der Waals surface area contributed by atoms with E-state index in [9.17, 15) is 9.90 Å². The average Bonchev–Trinajstić information content (AvgIpc) is 3.03. The van der Waals surface area contributed by atoms with E-state index in [0.717, 1.165) is 29.6 Å². The van der Waals surface area contributed by atoms with Crippen LogP contribution in [0.2, 0.25) is 0 Å². The van der Waals surface area contributed by atoms with Crippen LogP contribution in [0.4, 0.5) is 17.3 Å². The second-order valence-corrected chi connectivity index (χ2v) is 5.60. The normalized spacial score (nSPS) is 12.7. The summed E-state index contributed by atoms with van der Waals surface area (Å²) < 4.78 is 0. The third-order valence-corrected chi connectivity index (χ3v) is 4.09. The summed E-state index contributed by atoms with van der Waals surface area (Å²) in [7, 11) is 0. The van der Waals surface area contributed by atoms with Crippen LogP contribution in [0.5, 0.6) is 5.75 Å². The Morgan fingerprint density at radius 3 is 3.00 bits per heavy atom. The van der Waals surface area contributed by atoms with Gasteiger partial charge in [0.2, 0.25) is 0 Å². The van der Waals surface area contributed by atoms with E-state index in [4.69, 9.17) is 6.42 Å². The lowest BCUT2D eigenvalue weighted by molar-refractivity contribution is -0.111. The zero-order valence-electron chi connectivity index (χ0n) is 13.1. The molecule has 1 amide bonds. The smallest absolute Gasteiger partial charge is 0.301 e. The molecule has 0 aliphatic carbocycles. The number of aromatic nitrogens is 3. The first kappa shape index (κ1) is 14.9. The van der Waals surface area contributed by atoms with Gasteiger partial charge in [-0.3, -0.25) is 10.1 Å². The number of fused-ring (bicyclic) bond motifs is 2. The number of terminal acetylenes is 1. The number of carbonyl (C=O) groups excluding carboxylic acids is 1. The average molecular weight is 331 g/mol. The largest absolute Gasteiger partial charge is 0.508 e. The fourth-order valence-electron chi connectivity index (χ4n) is 2.99. The first-order valence-corrected chi connectivity index (χ1v) is 7.63. The van der Waals surface area contributed by atoms with Gasteiger partial charge in [-0.05, 0) is 42.2 Å². The molecule has 0 bridgehead atoms. The number of benzene rings is 1. The van der Waals surface area contributed by atoms with E-state index in [2.05, 4.69) is 25.2 Å². The van der Waals surface area contributed by atoms with Gasteiger partial charge in [-0.1, -0.05) is 0 Å². The molecule has 0 saturated carbocycles. The minimum absolute atomic E-state index is 0.247. The lowest BCUT2D eigenvalue weighted by Crippen LogP contribution is -2.16. The van der Waals surface area contributed by atoms with Gasteiger partial charge in [0.1, 0.15) is 23.7 Å². The zero-order valence-corrected chi connectivity index (χ0v) is 13.1. The van der Waals surface area contributed by atoms with Crippen molar-refractivity contribution in [3.05, 3.63) is 42.4 Å². The second kappa shape index (κ2) is 5.76. The Kier molecular flexibility index (Phi) is 3.43. The predicted octanol–water partition coefficient (Wildman–Crippen LogP) is 2.00. The monoisotopic (exact) mass is 331 g/mol. The molecule has 7 nitrogen and oxygen atoms in total. The number of anilines is 3. The van der Waals surface area contributed by atoms with Gasteiger partial charge in [0.15, 0.2) is 0 Å². The van der Waals surface area contributed by atoms with Gasteiger partial charge >= 0.3 is 5.91 Å². The summed E-state index contributed by atoms with van der Waals surface area (Å²) >= 11 is 0. The summed E-state index contributed by atoms with van der Waals surface area (Å²) in [6.45, 7) is 0.735. The molecule has 0 atom stereocenters. The summed E-state index contributed by atoms with van der Waals surface area (Å²) in [5.41, 5.74) is 2.71. The van der Waals surface area contributed by atoms with Gasteiger partial charge in [-0.15, -0.1) is 6.42 Å². The molecule has 4 rings (SSSR count). The molecule has 7 heteroatoms. The Hall–Kier alpha value is -3.66. The number of phenols is 1. The first-order valence-electron chi connectivity index (χ1n) is 7.63. The molecule has 1 aliphatic heterocycles. The maximum absolute atomic E-state index is 11.4. The summed E-state index contributed by atoms with van der Waals surface area (Å²) in [4.78, 5) is 26.3. The van der Waals surface area contributed by atoms with E-state index in [1.165, 1.54) is 6.33 Å². The fourth-order valence-corrected chi connectivity index (χ4v) is 2.99. The van der Waals surface area contributed by atoms with Crippen molar-refractivity contribution >= 4 is 34.1 Å². The number of aromatic hydroxyl groups is 1. The SMILES string of the molecule is C#CC(=O)Nc1cc2c(N3CCc4cc(O)ccc43)ncnc2cn1. The van der Waals surface area contributed by atoms with Crippen LogP contribution >= 0.6 is 0 Å². The number of phenolic OH excluding ortho intramolecular Hbond substituents is 1. The lowest BCUT2D eigenvalue weighted by atomic mass is 10.1. The maximum Gasteiger partial charge on any atom is 0.301 e. The third-order valence-electron chi connectivity index (χ3n) is 4.09. The topological polar surface area (TPSA) is 91.2 Å². The predicted molar refractivity (Wildman–Crippen MR) is 93.6 cm³/mol. The number of amides is 1. The molecule has 3 aromatic rings. The molecule has 0 fully saturated rings. The number of nitrogens with one attached hydrogen (secondary N) is 1. The minimum atomic E-state index is -0.563. The number of hydrogen-bond donors (Lipinski definition) is 2. The van der Waals surface area contributed by atoms with Crippen LogP contribution < -0.4 is 10.2 Å². The van der Waals surface area contributed by atoms with Crippen molar-refractivity contribution in [2.45, 2.75) is 6.42 Å². The molecule has 2 N–H and O–H groups in total. The Morgan fingerprint density at radius 2 is 2.16 bits per heavy atom. The summed E-state index contributed by atoms with van der Waals surface area (Å²) in [6.07, 6.45) is 8.94. The van der Waals surface area contributed by atoms with Crippen molar-refractivity contribution in [2.24, 2.45) is 0 Å². The van der Waals surface area contributed by atoms with Crippen molar-refractivity contribution in [3.8, 4) is 18.1 Å². The molecular formula is C18H13N5O2. The third kappa shape index (κ3) is 2.60. The van der Waals surface area contributed by atoms with E-state index in [1.807, 2.05) is 12.0 Å². The van der Waals surface area contributed by atoms with Crippen molar-refractivity contribution in [3.63, 3.8) is 0 Å². The molecule has 2 aromatic heterocycles. The molecule has 25 heavy (non-hydrogen) atoms. The van der Waals surface area contributed by atoms with Crippen LogP contribution in [-0.2, 0) is 11.2 Å². The highest BCUT2D eigenvalue weighted by atomic mass is 16.3.